The molecule has 110 valence electrons. The van der Waals surface area contributed by atoms with Gasteiger partial charge >= 0.3 is 0 Å². The first-order valence-electron chi connectivity index (χ1n) is 6.71. The number of aliphatic imine (C=N–C) groups is 1. The van der Waals surface area contributed by atoms with Crippen molar-refractivity contribution in [3.05, 3.63) is 58.3 Å². The zero-order valence-electron chi connectivity index (χ0n) is 11.9. The van der Waals surface area contributed by atoms with Crippen LogP contribution in [0.4, 0.5) is 5.69 Å². The predicted molar refractivity (Wildman–Crippen MR) is 87.7 cm³/mol. The molecule has 0 saturated carbocycles. The van der Waals surface area contributed by atoms with Gasteiger partial charge in [0.1, 0.15) is 0 Å². The van der Waals surface area contributed by atoms with Gasteiger partial charge in [0.15, 0.2) is 0 Å². The summed E-state index contributed by atoms with van der Waals surface area (Å²) in [5, 5.41) is 1.08. The van der Waals surface area contributed by atoms with E-state index in [1.807, 2.05) is 25.1 Å². The molecule has 0 bridgehead atoms. The van der Waals surface area contributed by atoms with Crippen LogP contribution in [0.15, 0.2) is 47.7 Å². The summed E-state index contributed by atoms with van der Waals surface area (Å²) in [5.74, 6) is 0.471. The van der Waals surface area contributed by atoms with Gasteiger partial charge < -0.3 is 4.74 Å². The van der Waals surface area contributed by atoms with Crippen LogP contribution in [0.1, 0.15) is 25.8 Å². The average molecular weight is 323 g/mol. The molecule has 0 aliphatic rings. The van der Waals surface area contributed by atoms with E-state index in [2.05, 4.69) is 16.9 Å². The highest BCUT2D eigenvalue weighted by atomic mass is 35.5. The van der Waals surface area contributed by atoms with E-state index in [4.69, 9.17) is 27.9 Å². The van der Waals surface area contributed by atoms with Crippen molar-refractivity contribution in [3.8, 4) is 0 Å². The van der Waals surface area contributed by atoms with Gasteiger partial charge in [-0.15, -0.1) is 0 Å². The Labute approximate surface area is 134 Å². The van der Waals surface area contributed by atoms with E-state index < -0.39 is 0 Å². The lowest BCUT2D eigenvalue weighted by Crippen LogP contribution is -2.15. The lowest BCUT2D eigenvalue weighted by molar-refractivity contribution is 0.205. The molecule has 1 aromatic heterocycles. The molecule has 2 aromatic rings. The average Bonchev–Trinajstić information content (AvgIpc) is 2.47. The smallest absolute Gasteiger partial charge is 0.223 e. The molecule has 0 aliphatic carbocycles. The molecular formula is C16H16Cl2N2O. The summed E-state index contributed by atoms with van der Waals surface area (Å²) in [7, 11) is 0. The van der Waals surface area contributed by atoms with Crippen molar-refractivity contribution in [2.75, 3.05) is 0 Å². The van der Waals surface area contributed by atoms with Crippen LogP contribution < -0.4 is 0 Å². The van der Waals surface area contributed by atoms with Crippen molar-refractivity contribution in [1.82, 2.24) is 4.98 Å². The van der Waals surface area contributed by atoms with E-state index in [0.717, 1.165) is 6.42 Å². The van der Waals surface area contributed by atoms with E-state index >= 15 is 0 Å². The van der Waals surface area contributed by atoms with Crippen LogP contribution in [-0.2, 0) is 4.74 Å². The summed E-state index contributed by atoms with van der Waals surface area (Å²) in [6, 6.07) is 8.93. The largest absolute Gasteiger partial charge is 0.474 e. The fourth-order valence-electron chi connectivity index (χ4n) is 1.62. The zero-order valence-corrected chi connectivity index (χ0v) is 13.4. The van der Waals surface area contributed by atoms with Crippen LogP contribution in [0.3, 0.4) is 0 Å². The van der Waals surface area contributed by atoms with Gasteiger partial charge in [0.2, 0.25) is 5.90 Å². The first kappa shape index (κ1) is 15.8. The SMILES string of the molecule is CCC(C)OC(=Nc1cccnc1)c1ccc(Cl)cc1Cl. The van der Waals surface area contributed by atoms with Gasteiger partial charge in [-0.3, -0.25) is 4.98 Å². The third kappa shape index (κ3) is 4.45. The molecule has 1 heterocycles. The minimum atomic E-state index is 0.0344. The Kier molecular flexibility index (Phi) is 5.59. The Morgan fingerprint density at radius 2 is 2.14 bits per heavy atom. The molecule has 5 heteroatoms. The second kappa shape index (κ2) is 7.43. The van der Waals surface area contributed by atoms with E-state index in [-0.39, 0.29) is 6.10 Å². The number of pyridine rings is 1. The number of hydrogen-bond acceptors (Lipinski definition) is 3. The van der Waals surface area contributed by atoms with Gasteiger partial charge in [-0.1, -0.05) is 30.1 Å². The fourth-order valence-corrected chi connectivity index (χ4v) is 2.11. The molecule has 0 amide bonds. The van der Waals surface area contributed by atoms with Gasteiger partial charge in [0, 0.05) is 11.2 Å². The Hall–Kier alpha value is -1.58. The number of nitrogens with zero attached hydrogens (tertiary/aromatic N) is 2. The van der Waals surface area contributed by atoms with Crippen LogP contribution >= 0.6 is 23.2 Å². The lowest BCUT2D eigenvalue weighted by atomic mass is 10.2. The Bertz CT molecular complexity index is 629. The molecule has 1 unspecified atom stereocenters. The fraction of sp³-hybridized carbons (Fsp3) is 0.250. The Morgan fingerprint density at radius 3 is 2.76 bits per heavy atom. The second-order valence-corrected chi connectivity index (χ2v) is 5.43. The molecule has 0 radical (unpaired) electrons. The molecular weight excluding hydrogens is 307 g/mol. The van der Waals surface area contributed by atoms with Crippen LogP contribution in [0.2, 0.25) is 10.0 Å². The number of hydrogen-bond donors (Lipinski definition) is 0. The van der Waals surface area contributed by atoms with Gasteiger partial charge in [-0.25, -0.2) is 4.99 Å². The molecule has 0 spiro atoms. The monoisotopic (exact) mass is 322 g/mol. The van der Waals surface area contributed by atoms with Gasteiger partial charge in [-0.2, -0.15) is 0 Å². The second-order valence-electron chi connectivity index (χ2n) is 4.59. The molecule has 21 heavy (non-hydrogen) atoms. The maximum absolute atomic E-state index is 6.26. The summed E-state index contributed by atoms with van der Waals surface area (Å²) in [4.78, 5) is 8.56. The first-order chi connectivity index (χ1) is 10.1. The number of rotatable bonds is 4. The quantitative estimate of drug-likeness (QED) is 0.566. The van der Waals surface area contributed by atoms with E-state index in [9.17, 15) is 0 Å². The summed E-state index contributed by atoms with van der Waals surface area (Å²) in [5.41, 5.74) is 1.42. The van der Waals surface area contributed by atoms with E-state index in [1.165, 1.54) is 0 Å². The molecule has 2 rings (SSSR count). The van der Waals surface area contributed by atoms with Crippen LogP contribution in [0.5, 0.6) is 0 Å². The highest BCUT2D eigenvalue weighted by Gasteiger charge is 2.13. The number of ether oxygens (including phenoxy) is 1. The number of benzene rings is 1. The van der Waals surface area contributed by atoms with Crippen LogP contribution in [0.25, 0.3) is 0 Å². The van der Waals surface area contributed by atoms with Gasteiger partial charge in [-0.05, 0) is 43.7 Å². The topological polar surface area (TPSA) is 34.5 Å². The number of halogens is 2. The van der Waals surface area contributed by atoms with Crippen molar-refractivity contribution in [1.29, 1.82) is 0 Å². The van der Waals surface area contributed by atoms with Crippen LogP contribution in [-0.4, -0.2) is 17.0 Å². The molecule has 3 nitrogen and oxygen atoms in total. The molecule has 0 aliphatic heterocycles. The Morgan fingerprint density at radius 1 is 1.33 bits per heavy atom. The first-order valence-corrected chi connectivity index (χ1v) is 7.46. The van der Waals surface area contributed by atoms with Crippen molar-refractivity contribution in [2.45, 2.75) is 26.4 Å². The molecule has 0 N–H and O–H groups in total. The summed E-state index contributed by atoms with van der Waals surface area (Å²) in [6.45, 7) is 4.04. The predicted octanol–water partition coefficient (Wildman–Crippen LogP) is 5.28. The summed E-state index contributed by atoms with van der Waals surface area (Å²) < 4.78 is 5.90. The maximum atomic E-state index is 6.26. The highest BCUT2D eigenvalue weighted by molar-refractivity contribution is 6.36. The number of aromatic nitrogens is 1. The van der Waals surface area contributed by atoms with Gasteiger partial charge in [0.25, 0.3) is 0 Å². The Balaban J connectivity index is 2.43. The van der Waals surface area contributed by atoms with Crippen molar-refractivity contribution < 1.29 is 4.74 Å². The normalized spacial score (nSPS) is 13.0. The zero-order chi connectivity index (χ0) is 15.2. The minimum absolute atomic E-state index is 0.0344. The summed E-state index contributed by atoms with van der Waals surface area (Å²) in [6.07, 6.45) is 4.28. The summed E-state index contributed by atoms with van der Waals surface area (Å²) >= 11 is 12.2. The lowest BCUT2D eigenvalue weighted by Gasteiger charge is -2.16. The van der Waals surface area contributed by atoms with Crippen molar-refractivity contribution >= 4 is 34.8 Å². The molecule has 1 aromatic carbocycles. The minimum Gasteiger partial charge on any atom is -0.474 e. The maximum Gasteiger partial charge on any atom is 0.223 e. The van der Waals surface area contributed by atoms with Gasteiger partial charge in [0.05, 0.1) is 28.6 Å². The molecule has 0 fully saturated rings. The third-order valence-electron chi connectivity index (χ3n) is 2.93. The van der Waals surface area contributed by atoms with Crippen molar-refractivity contribution in [3.63, 3.8) is 0 Å². The molecule has 0 saturated heterocycles. The highest BCUT2D eigenvalue weighted by Crippen LogP contribution is 2.24. The third-order valence-corrected chi connectivity index (χ3v) is 3.47. The van der Waals surface area contributed by atoms with E-state index in [1.54, 1.807) is 24.5 Å². The standard InChI is InChI=1S/C16H16Cl2N2O/c1-3-11(2)21-16(20-13-5-4-8-19-10-13)14-7-6-12(17)9-15(14)18/h4-11H,3H2,1-2H3. The van der Waals surface area contributed by atoms with Crippen molar-refractivity contribution in [2.24, 2.45) is 4.99 Å². The van der Waals surface area contributed by atoms with E-state index in [0.29, 0.717) is 27.2 Å². The van der Waals surface area contributed by atoms with Crippen LogP contribution in [0, 0.1) is 0 Å². The molecule has 1 atom stereocenters.